The molecule has 100 valence electrons. The summed E-state index contributed by atoms with van der Waals surface area (Å²) >= 11 is 3.40. The van der Waals surface area contributed by atoms with Crippen LogP contribution in [0.25, 0.3) is 0 Å². The Labute approximate surface area is 117 Å². The molecule has 0 amide bonds. The third-order valence-corrected chi connectivity index (χ3v) is 3.55. The van der Waals surface area contributed by atoms with Crippen LogP contribution in [0, 0.1) is 0 Å². The highest BCUT2D eigenvalue weighted by Gasteiger charge is 2.16. The van der Waals surface area contributed by atoms with Crippen LogP contribution in [0.5, 0.6) is 0 Å². The summed E-state index contributed by atoms with van der Waals surface area (Å²) in [5.74, 6) is 0.106. The highest BCUT2D eigenvalue weighted by atomic mass is 79.9. The van der Waals surface area contributed by atoms with Gasteiger partial charge in [-0.3, -0.25) is 9.69 Å². The molecule has 1 rings (SSSR count). The van der Waals surface area contributed by atoms with E-state index >= 15 is 0 Å². The van der Waals surface area contributed by atoms with Crippen LogP contribution >= 0.6 is 15.9 Å². The van der Waals surface area contributed by atoms with Gasteiger partial charge < -0.3 is 5.11 Å². The van der Waals surface area contributed by atoms with Crippen LogP contribution < -0.4 is 0 Å². The van der Waals surface area contributed by atoms with Crippen molar-refractivity contribution in [2.75, 3.05) is 19.7 Å². The molecule has 1 aromatic carbocycles. The summed E-state index contributed by atoms with van der Waals surface area (Å²) in [6.07, 6.45) is 0.696. The van der Waals surface area contributed by atoms with Gasteiger partial charge in [0.2, 0.25) is 0 Å². The number of carbonyl (C=O) groups is 1. The van der Waals surface area contributed by atoms with Gasteiger partial charge in [0.05, 0.1) is 6.54 Å². The Hall–Kier alpha value is -0.710. The van der Waals surface area contributed by atoms with Gasteiger partial charge in [0.15, 0.2) is 5.78 Å². The van der Waals surface area contributed by atoms with Crippen LogP contribution in [0.4, 0.5) is 0 Å². The van der Waals surface area contributed by atoms with Crippen LogP contribution in [-0.2, 0) is 0 Å². The normalized spacial score (nSPS) is 11.2. The smallest absolute Gasteiger partial charge is 0.177 e. The van der Waals surface area contributed by atoms with E-state index in [1.807, 2.05) is 24.3 Å². The number of benzene rings is 1. The Kier molecular flexibility index (Phi) is 6.54. The van der Waals surface area contributed by atoms with Crippen LogP contribution in [0.15, 0.2) is 28.7 Å². The van der Waals surface area contributed by atoms with Gasteiger partial charge in [0.1, 0.15) is 0 Å². The molecular weight excluding hydrogens is 294 g/mol. The van der Waals surface area contributed by atoms with E-state index in [9.17, 15) is 4.79 Å². The van der Waals surface area contributed by atoms with Crippen molar-refractivity contribution in [3.05, 3.63) is 34.3 Å². The predicted molar refractivity (Wildman–Crippen MR) is 76.9 cm³/mol. The molecule has 0 saturated carbocycles. The summed E-state index contributed by atoms with van der Waals surface area (Å²) in [6.45, 7) is 5.41. The average molecular weight is 314 g/mol. The maximum absolute atomic E-state index is 12.2. The molecule has 0 aliphatic carbocycles. The Bertz CT molecular complexity index is 393. The Balaban J connectivity index is 2.69. The number of hydrogen-bond acceptors (Lipinski definition) is 3. The Morgan fingerprint density at radius 3 is 2.61 bits per heavy atom. The molecule has 0 unspecified atom stereocenters. The van der Waals surface area contributed by atoms with Crippen LogP contribution in [0.2, 0.25) is 0 Å². The SMILES string of the molecule is CC(C)N(CCCO)CC(=O)c1ccccc1Br. The van der Waals surface area contributed by atoms with Crippen LogP contribution in [0.1, 0.15) is 30.6 Å². The number of hydrogen-bond donors (Lipinski definition) is 1. The van der Waals surface area contributed by atoms with E-state index < -0.39 is 0 Å². The number of halogens is 1. The van der Waals surface area contributed by atoms with E-state index in [0.29, 0.717) is 24.6 Å². The van der Waals surface area contributed by atoms with Crippen molar-refractivity contribution < 1.29 is 9.90 Å². The second kappa shape index (κ2) is 7.67. The maximum atomic E-state index is 12.2. The van der Waals surface area contributed by atoms with Crippen molar-refractivity contribution in [3.63, 3.8) is 0 Å². The van der Waals surface area contributed by atoms with Crippen molar-refractivity contribution in [1.82, 2.24) is 4.90 Å². The minimum Gasteiger partial charge on any atom is -0.396 e. The first kappa shape index (κ1) is 15.3. The topological polar surface area (TPSA) is 40.5 Å². The molecule has 0 bridgehead atoms. The lowest BCUT2D eigenvalue weighted by atomic mass is 10.1. The van der Waals surface area contributed by atoms with E-state index in [1.54, 1.807) is 0 Å². The first-order chi connectivity index (χ1) is 8.56. The van der Waals surface area contributed by atoms with Gasteiger partial charge in [-0.1, -0.05) is 34.1 Å². The van der Waals surface area contributed by atoms with Crippen molar-refractivity contribution >= 4 is 21.7 Å². The third-order valence-electron chi connectivity index (χ3n) is 2.85. The molecule has 4 heteroatoms. The van der Waals surface area contributed by atoms with Gasteiger partial charge in [-0.25, -0.2) is 0 Å². The zero-order chi connectivity index (χ0) is 13.5. The summed E-state index contributed by atoms with van der Waals surface area (Å²) in [5.41, 5.74) is 0.715. The van der Waals surface area contributed by atoms with Crippen molar-refractivity contribution in [1.29, 1.82) is 0 Å². The largest absolute Gasteiger partial charge is 0.396 e. The second-order valence-electron chi connectivity index (χ2n) is 4.54. The van der Waals surface area contributed by atoms with E-state index in [4.69, 9.17) is 5.11 Å². The lowest BCUT2D eigenvalue weighted by Gasteiger charge is -2.25. The minimum atomic E-state index is 0.106. The number of rotatable bonds is 7. The Morgan fingerprint density at radius 1 is 1.39 bits per heavy atom. The number of aliphatic hydroxyl groups is 1. The summed E-state index contributed by atoms with van der Waals surface area (Å²) < 4.78 is 0.834. The fourth-order valence-corrected chi connectivity index (χ4v) is 2.26. The average Bonchev–Trinajstić information content (AvgIpc) is 2.34. The van der Waals surface area contributed by atoms with E-state index in [-0.39, 0.29) is 12.4 Å². The number of nitrogens with zero attached hydrogens (tertiary/aromatic N) is 1. The van der Waals surface area contributed by atoms with Crippen molar-refractivity contribution in [3.8, 4) is 0 Å². The van der Waals surface area contributed by atoms with Gasteiger partial charge in [-0.2, -0.15) is 0 Å². The highest BCUT2D eigenvalue weighted by Crippen LogP contribution is 2.17. The fraction of sp³-hybridized carbons (Fsp3) is 0.500. The van der Waals surface area contributed by atoms with E-state index in [1.165, 1.54) is 0 Å². The predicted octanol–water partition coefficient (Wildman–Crippen LogP) is 2.72. The lowest BCUT2D eigenvalue weighted by Crippen LogP contribution is -2.36. The molecule has 1 N–H and O–H groups in total. The molecule has 18 heavy (non-hydrogen) atoms. The van der Waals surface area contributed by atoms with Crippen molar-refractivity contribution in [2.24, 2.45) is 0 Å². The number of aliphatic hydroxyl groups excluding tert-OH is 1. The number of Topliss-reactive ketones (excluding diaryl/α,β-unsaturated/α-hetero) is 1. The first-order valence-corrected chi connectivity index (χ1v) is 6.98. The van der Waals surface area contributed by atoms with Crippen LogP contribution in [-0.4, -0.2) is 41.5 Å². The second-order valence-corrected chi connectivity index (χ2v) is 5.40. The lowest BCUT2D eigenvalue weighted by molar-refractivity contribution is 0.0896. The van der Waals surface area contributed by atoms with Crippen molar-refractivity contribution in [2.45, 2.75) is 26.3 Å². The zero-order valence-corrected chi connectivity index (χ0v) is 12.5. The molecule has 0 fully saturated rings. The molecule has 0 aliphatic rings. The maximum Gasteiger partial charge on any atom is 0.177 e. The standard InChI is InChI=1S/C14H20BrNO2/c1-11(2)16(8-5-9-17)10-14(18)12-6-3-4-7-13(12)15/h3-4,6-7,11,17H,5,8-10H2,1-2H3. The van der Waals surface area contributed by atoms with E-state index in [2.05, 4.69) is 34.7 Å². The molecule has 0 aromatic heterocycles. The molecular formula is C14H20BrNO2. The van der Waals surface area contributed by atoms with Gasteiger partial charge >= 0.3 is 0 Å². The fourth-order valence-electron chi connectivity index (χ4n) is 1.75. The first-order valence-electron chi connectivity index (χ1n) is 6.19. The van der Waals surface area contributed by atoms with Gasteiger partial charge in [0, 0.05) is 29.2 Å². The molecule has 0 spiro atoms. The van der Waals surface area contributed by atoms with E-state index in [0.717, 1.165) is 11.0 Å². The highest BCUT2D eigenvalue weighted by molar-refractivity contribution is 9.10. The van der Waals surface area contributed by atoms with Crippen LogP contribution in [0.3, 0.4) is 0 Å². The quantitative estimate of drug-likeness (QED) is 0.787. The molecule has 0 radical (unpaired) electrons. The molecule has 1 aromatic rings. The van der Waals surface area contributed by atoms with Gasteiger partial charge in [-0.15, -0.1) is 0 Å². The van der Waals surface area contributed by atoms with Gasteiger partial charge in [0.25, 0.3) is 0 Å². The minimum absolute atomic E-state index is 0.106. The zero-order valence-electron chi connectivity index (χ0n) is 10.9. The third kappa shape index (κ3) is 4.52. The summed E-state index contributed by atoms with van der Waals surface area (Å²) in [6, 6.07) is 7.76. The number of carbonyl (C=O) groups excluding carboxylic acids is 1. The molecule has 0 atom stereocenters. The Morgan fingerprint density at radius 2 is 2.06 bits per heavy atom. The molecule has 0 heterocycles. The van der Waals surface area contributed by atoms with Gasteiger partial charge in [-0.05, 0) is 26.3 Å². The number of ketones is 1. The molecule has 3 nitrogen and oxygen atoms in total. The monoisotopic (exact) mass is 313 g/mol. The molecule has 0 aliphatic heterocycles. The summed E-state index contributed by atoms with van der Waals surface area (Å²) in [7, 11) is 0. The summed E-state index contributed by atoms with van der Waals surface area (Å²) in [4.78, 5) is 14.3. The summed E-state index contributed by atoms with van der Waals surface area (Å²) in [5, 5.41) is 8.87. The molecule has 0 saturated heterocycles.